The Balaban J connectivity index is 0.00000600. The van der Waals surface area contributed by atoms with Crippen molar-refractivity contribution in [2.24, 2.45) is 5.41 Å². The molecule has 0 aliphatic carbocycles. The summed E-state index contributed by atoms with van der Waals surface area (Å²) >= 11 is 5.97. The second kappa shape index (κ2) is 16.4. The normalized spacial score (nSPS) is 15.8. The topological polar surface area (TPSA) is 147 Å². The minimum atomic E-state index is -0.844. The third-order valence-electron chi connectivity index (χ3n) is 7.79. The second-order valence-electron chi connectivity index (χ2n) is 12.2. The molecule has 1 saturated heterocycles. The SMILES string of the molecule is CN[C@@H](C)C(=O)N[C@H](C(=O)N1CCCC1C(=O)Nc1cc2c(Nc3ccc(F)c(Cl)c3)ncnc2cc1OCCOC)C(C)(C)C.Cl. The molecule has 2 aromatic carbocycles. The van der Waals surface area contributed by atoms with Crippen LogP contribution < -0.4 is 26.0 Å². The van der Waals surface area contributed by atoms with Crippen LogP contribution in [-0.4, -0.2) is 84.6 Å². The van der Waals surface area contributed by atoms with Gasteiger partial charge in [-0.3, -0.25) is 14.4 Å². The van der Waals surface area contributed by atoms with Crippen molar-refractivity contribution in [3.05, 3.63) is 47.5 Å². The van der Waals surface area contributed by atoms with Gasteiger partial charge < -0.3 is 35.6 Å². The molecule has 1 aliphatic rings. The summed E-state index contributed by atoms with van der Waals surface area (Å²) in [6.07, 6.45) is 2.44. The van der Waals surface area contributed by atoms with Crippen LogP contribution in [0.5, 0.6) is 5.75 Å². The Kier molecular flexibility index (Phi) is 13.1. The van der Waals surface area contributed by atoms with Crippen LogP contribution >= 0.6 is 24.0 Å². The molecule has 0 spiro atoms. The van der Waals surface area contributed by atoms with Gasteiger partial charge in [0, 0.05) is 30.8 Å². The standard InChI is InChI=1S/C32H41ClFN7O5.ClH/c1-18(35-5)29(42)40-27(32(2,3)4)31(44)41-11-7-8-25(41)30(43)39-24-15-20-23(16-26(24)46-13-12-45-6)36-17-37-28(20)38-19-9-10-22(34)21(33)14-19;/h9-10,14-18,25,27,35H,7-8,11-13H2,1-6H3,(H,39,43)(H,40,42)(H,36,37,38);1H/t18-,25?,27+;/m0./s1. The monoisotopic (exact) mass is 693 g/mol. The predicted molar refractivity (Wildman–Crippen MR) is 182 cm³/mol. The van der Waals surface area contributed by atoms with Gasteiger partial charge in [-0.15, -0.1) is 12.4 Å². The van der Waals surface area contributed by atoms with E-state index in [0.29, 0.717) is 59.8 Å². The molecule has 4 N–H and O–H groups in total. The molecule has 256 valence electrons. The number of rotatable bonds is 12. The Labute approximate surface area is 284 Å². The Morgan fingerprint density at radius 3 is 2.55 bits per heavy atom. The fourth-order valence-electron chi connectivity index (χ4n) is 5.08. The van der Waals surface area contributed by atoms with Crippen LogP contribution in [0.1, 0.15) is 40.5 Å². The first-order chi connectivity index (χ1) is 21.8. The van der Waals surface area contributed by atoms with Crippen molar-refractivity contribution in [2.75, 3.05) is 44.5 Å². The van der Waals surface area contributed by atoms with Crippen LogP contribution in [0, 0.1) is 11.2 Å². The van der Waals surface area contributed by atoms with Gasteiger partial charge in [-0.2, -0.15) is 0 Å². The molecule has 47 heavy (non-hydrogen) atoms. The van der Waals surface area contributed by atoms with Crippen molar-refractivity contribution in [3.8, 4) is 5.75 Å². The highest BCUT2D eigenvalue weighted by atomic mass is 35.5. The van der Waals surface area contributed by atoms with Crippen molar-refractivity contribution in [1.82, 2.24) is 25.5 Å². The summed E-state index contributed by atoms with van der Waals surface area (Å²) in [6.45, 7) is 8.22. The number of fused-ring (bicyclic) bond motifs is 1. The molecule has 12 nitrogen and oxygen atoms in total. The number of halogens is 3. The van der Waals surface area contributed by atoms with E-state index in [1.165, 1.54) is 29.4 Å². The first kappa shape index (κ1) is 37.7. The molecule has 0 radical (unpaired) electrons. The van der Waals surface area contributed by atoms with Crippen LogP contribution in [0.3, 0.4) is 0 Å². The van der Waals surface area contributed by atoms with Crippen molar-refractivity contribution < 1.29 is 28.2 Å². The van der Waals surface area contributed by atoms with Gasteiger partial charge in [-0.25, -0.2) is 14.4 Å². The molecule has 3 aromatic rings. The molecule has 2 heterocycles. The number of amides is 3. The van der Waals surface area contributed by atoms with Crippen molar-refractivity contribution >= 4 is 69.8 Å². The van der Waals surface area contributed by atoms with Crippen molar-refractivity contribution in [3.63, 3.8) is 0 Å². The number of anilines is 3. The Hall–Kier alpha value is -3.78. The third kappa shape index (κ3) is 9.19. The van der Waals surface area contributed by atoms with Crippen LogP contribution in [0.15, 0.2) is 36.7 Å². The number of benzene rings is 2. The highest BCUT2D eigenvalue weighted by molar-refractivity contribution is 6.31. The predicted octanol–water partition coefficient (Wildman–Crippen LogP) is 4.68. The summed E-state index contributed by atoms with van der Waals surface area (Å²) < 4.78 is 24.8. The maximum atomic E-state index is 13.9. The number of carbonyl (C=O) groups is 3. The van der Waals surface area contributed by atoms with Gasteiger partial charge in [0.05, 0.1) is 28.9 Å². The van der Waals surface area contributed by atoms with Gasteiger partial charge in [0.15, 0.2) is 0 Å². The average molecular weight is 695 g/mol. The van der Waals surface area contributed by atoms with E-state index in [1.807, 2.05) is 20.8 Å². The smallest absolute Gasteiger partial charge is 0.247 e. The van der Waals surface area contributed by atoms with Crippen molar-refractivity contribution in [2.45, 2.75) is 58.7 Å². The molecule has 3 amide bonds. The maximum absolute atomic E-state index is 13.9. The summed E-state index contributed by atoms with van der Waals surface area (Å²) in [5.41, 5.74) is 0.754. The number of aromatic nitrogens is 2. The van der Waals surface area contributed by atoms with Gasteiger partial charge in [-0.05, 0) is 56.5 Å². The van der Waals surface area contributed by atoms with Gasteiger partial charge in [0.25, 0.3) is 0 Å². The Morgan fingerprint density at radius 2 is 1.89 bits per heavy atom. The van der Waals surface area contributed by atoms with Gasteiger partial charge in [0.2, 0.25) is 17.7 Å². The van der Waals surface area contributed by atoms with Crippen LogP contribution in [0.4, 0.5) is 21.6 Å². The lowest BCUT2D eigenvalue weighted by Crippen LogP contribution is -2.59. The summed E-state index contributed by atoms with van der Waals surface area (Å²) in [4.78, 5) is 50.8. The highest BCUT2D eigenvalue weighted by Crippen LogP contribution is 2.35. The van der Waals surface area contributed by atoms with E-state index in [2.05, 4.69) is 31.2 Å². The Bertz CT molecular complexity index is 1590. The molecule has 1 aliphatic heterocycles. The lowest BCUT2D eigenvalue weighted by atomic mass is 9.85. The quantitative estimate of drug-likeness (QED) is 0.199. The zero-order chi connectivity index (χ0) is 33.6. The molecule has 4 rings (SSSR count). The molecule has 1 unspecified atom stereocenters. The minimum absolute atomic E-state index is 0. The van der Waals surface area contributed by atoms with Gasteiger partial charge in [-0.1, -0.05) is 32.4 Å². The second-order valence-corrected chi connectivity index (χ2v) is 12.6. The number of carbonyl (C=O) groups excluding carboxylic acids is 3. The lowest BCUT2D eigenvalue weighted by Gasteiger charge is -2.36. The van der Waals surface area contributed by atoms with Gasteiger partial charge >= 0.3 is 0 Å². The van der Waals surface area contributed by atoms with E-state index >= 15 is 0 Å². The summed E-state index contributed by atoms with van der Waals surface area (Å²) in [7, 11) is 3.22. The molecule has 0 bridgehead atoms. The van der Waals surface area contributed by atoms with E-state index in [9.17, 15) is 18.8 Å². The summed E-state index contributed by atoms with van der Waals surface area (Å²) in [5, 5.41) is 12.4. The zero-order valence-corrected chi connectivity index (χ0v) is 28.9. The number of likely N-dealkylation sites (tertiary alicyclic amines) is 1. The van der Waals surface area contributed by atoms with Crippen LogP contribution in [0.2, 0.25) is 5.02 Å². The minimum Gasteiger partial charge on any atom is -0.489 e. The Morgan fingerprint density at radius 1 is 1.15 bits per heavy atom. The maximum Gasteiger partial charge on any atom is 0.247 e. The highest BCUT2D eigenvalue weighted by Gasteiger charge is 2.42. The fourth-order valence-corrected chi connectivity index (χ4v) is 5.26. The molecular formula is C32H42Cl2FN7O5. The first-order valence-corrected chi connectivity index (χ1v) is 15.4. The molecule has 15 heteroatoms. The number of nitrogens with zero attached hydrogens (tertiary/aromatic N) is 3. The van der Waals surface area contributed by atoms with E-state index in [0.717, 1.165) is 0 Å². The number of methoxy groups -OCH3 is 1. The molecule has 0 saturated carbocycles. The fraction of sp³-hybridized carbons (Fsp3) is 0.469. The largest absolute Gasteiger partial charge is 0.489 e. The first-order valence-electron chi connectivity index (χ1n) is 15.1. The molecular weight excluding hydrogens is 652 g/mol. The summed E-state index contributed by atoms with van der Waals surface area (Å²) in [6, 6.07) is 5.45. The zero-order valence-electron chi connectivity index (χ0n) is 27.3. The molecule has 3 atom stereocenters. The average Bonchev–Trinajstić information content (AvgIpc) is 3.51. The van der Waals surface area contributed by atoms with Gasteiger partial charge in [0.1, 0.15) is 42.4 Å². The van der Waals surface area contributed by atoms with Crippen molar-refractivity contribution in [1.29, 1.82) is 0 Å². The number of hydrogen-bond donors (Lipinski definition) is 4. The van der Waals surface area contributed by atoms with Crippen LogP contribution in [0.25, 0.3) is 10.9 Å². The number of hydrogen-bond acceptors (Lipinski definition) is 9. The number of ether oxygens (including phenoxy) is 2. The lowest BCUT2D eigenvalue weighted by molar-refractivity contribution is -0.143. The molecule has 1 aromatic heterocycles. The van der Waals surface area contributed by atoms with E-state index < -0.39 is 35.3 Å². The third-order valence-corrected chi connectivity index (χ3v) is 8.08. The number of likely N-dealkylation sites (N-methyl/N-ethyl adjacent to an activating group) is 1. The van der Waals surface area contributed by atoms with E-state index in [1.54, 1.807) is 33.2 Å². The van der Waals surface area contributed by atoms with E-state index in [4.69, 9.17) is 21.1 Å². The van der Waals surface area contributed by atoms with E-state index in [-0.39, 0.29) is 35.9 Å². The molecule has 1 fully saturated rings. The van der Waals surface area contributed by atoms with Crippen LogP contribution in [-0.2, 0) is 19.1 Å². The summed E-state index contributed by atoms with van der Waals surface area (Å²) in [5.74, 6) is -0.839. The number of nitrogens with one attached hydrogen (secondary N) is 4.